The van der Waals surface area contributed by atoms with E-state index in [1.54, 1.807) is 0 Å². The van der Waals surface area contributed by atoms with E-state index in [0.717, 1.165) is 38.2 Å². The number of sulfonamides is 1. The van der Waals surface area contributed by atoms with Gasteiger partial charge in [0.15, 0.2) is 0 Å². The van der Waals surface area contributed by atoms with Crippen molar-refractivity contribution in [1.29, 1.82) is 0 Å². The summed E-state index contributed by atoms with van der Waals surface area (Å²) in [5.41, 5.74) is 0.350. The lowest BCUT2D eigenvalue weighted by molar-refractivity contribution is 0.281. The molecule has 0 saturated heterocycles. The molecule has 120 valence electrons. The average Bonchev–Trinajstić information content (AvgIpc) is 2.44. The van der Waals surface area contributed by atoms with Gasteiger partial charge in [-0.1, -0.05) is 39.2 Å². The molecule has 0 fully saturated rings. The molecule has 0 saturated carbocycles. The lowest BCUT2D eigenvalue weighted by atomic mass is 10.1. The second-order valence-electron chi connectivity index (χ2n) is 5.17. The van der Waals surface area contributed by atoms with E-state index in [2.05, 4.69) is 4.72 Å². The van der Waals surface area contributed by atoms with Gasteiger partial charge in [-0.3, -0.25) is 0 Å². The Morgan fingerprint density at radius 2 is 1.95 bits per heavy atom. The maximum atomic E-state index is 13.9. The van der Waals surface area contributed by atoms with Gasteiger partial charge in [0.25, 0.3) is 0 Å². The van der Waals surface area contributed by atoms with Crippen LogP contribution < -0.4 is 4.72 Å². The first-order chi connectivity index (χ1) is 9.94. The SMILES string of the molecule is CCCCC(CCC)NS(=O)(=O)c1ccc(CO)cc1F. The van der Waals surface area contributed by atoms with Gasteiger partial charge in [-0.25, -0.2) is 17.5 Å². The number of aliphatic hydroxyl groups excluding tert-OH is 1. The van der Waals surface area contributed by atoms with Gasteiger partial charge in [-0.15, -0.1) is 0 Å². The van der Waals surface area contributed by atoms with Crippen LogP contribution in [0.25, 0.3) is 0 Å². The number of unbranched alkanes of at least 4 members (excludes halogenated alkanes) is 1. The van der Waals surface area contributed by atoms with Gasteiger partial charge in [0.05, 0.1) is 6.61 Å². The fraction of sp³-hybridized carbons (Fsp3) is 0.600. The van der Waals surface area contributed by atoms with Crippen LogP contribution in [0.15, 0.2) is 23.1 Å². The Morgan fingerprint density at radius 3 is 2.48 bits per heavy atom. The number of nitrogens with one attached hydrogen (secondary N) is 1. The Morgan fingerprint density at radius 1 is 1.24 bits per heavy atom. The third-order valence-corrected chi connectivity index (χ3v) is 4.89. The summed E-state index contributed by atoms with van der Waals surface area (Å²) < 4.78 is 41.1. The molecule has 0 spiro atoms. The molecule has 0 bridgehead atoms. The molecule has 2 N–H and O–H groups in total. The zero-order chi connectivity index (χ0) is 15.9. The number of hydrogen-bond donors (Lipinski definition) is 2. The molecular formula is C15H24FNO3S. The number of rotatable bonds is 9. The average molecular weight is 317 g/mol. The zero-order valence-corrected chi connectivity index (χ0v) is 13.4. The van der Waals surface area contributed by atoms with Crippen LogP contribution in [0.1, 0.15) is 51.5 Å². The van der Waals surface area contributed by atoms with Crippen molar-refractivity contribution >= 4 is 10.0 Å². The minimum Gasteiger partial charge on any atom is -0.392 e. The third-order valence-electron chi connectivity index (χ3n) is 3.33. The van der Waals surface area contributed by atoms with E-state index in [1.165, 1.54) is 12.1 Å². The first kappa shape index (κ1) is 18.1. The predicted molar refractivity (Wildman–Crippen MR) is 80.9 cm³/mol. The van der Waals surface area contributed by atoms with E-state index >= 15 is 0 Å². The summed E-state index contributed by atoms with van der Waals surface area (Å²) in [6.07, 6.45) is 4.26. The first-order valence-electron chi connectivity index (χ1n) is 7.36. The quantitative estimate of drug-likeness (QED) is 0.736. The van der Waals surface area contributed by atoms with Gasteiger partial charge >= 0.3 is 0 Å². The van der Waals surface area contributed by atoms with Gasteiger partial charge in [0, 0.05) is 6.04 Å². The molecule has 6 heteroatoms. The van der Waals surface area contributed by atoms with Crippen molar-refractivity contribution < 1.29 is 17.9 Å². The lowest BCUT2D eigenvalue weighted by Gasteiger charge is -2.18. The Balaban J connectivity index is 2.93. The smallest absolute Gasteiger partial charge is 0.243 e. The minimum absolute atomic E-state index is 0.170. The van der Waals surface area contributed by atoms with E-state index in [-0.39, 0.29) is 17.5 Å². The van der Waals surface area contributed by atoms with Crippen molar-refractivity contribution in [3.63, 3.8) is 0 Å². The maximum absolute atomic E-state index is 13.9. The first-order valence-corrected chi connectivity index (χ1v) is 8.84. The van der Waals surface area contributed by atoms with Gasteiger partial charge in [0.2, 0.25) is 10.0 Å². The van der Waals surface area contributed by atoms with E-state index in [1.807, 2.05) is 13.8 Å². The fourth-order valence-electron chi connectivity index (χ4n) is 2.20. The summed E-state index contributed by atoms with van der Waals surface area (Å²) in [6, 6.07) is 3.50. The van der Waals surface area contributed by atoms with Crippen LogP contribution in [-0.2, 0) is 16.6 Å². The van der Waals surface area contributed by atoms with Crippen molar-refractivity contribution in [1.82, 2.24) is 4.72 Å². The molecule has 0 aliphatic carbocycles. The molecule has 1 aromatic rings. The Bertz CT molecular complexity index is 546. The Kier molecular flexibility index (Phi) is 7.28. The number of hydrogen-bond acceptors (Lipinski definition) is 3. The van der Waals surface area contributed by atoms with Crippen LogP contribution in [0, 0.1) is 5.82 Å². The molecule has 21 heavy (non-hydrogen) atoms. The van der Waals surface area contributed by atoms with Gasteiger partial charge in [-0.2, -0.15) is 0 Å². The molecule has 1 aromatic carbocycles. The van der Waals surface area contributed by atoms with Crippen molar-refractivity contribution in [2.45, 2.75) is 63.5 Å². The zero-order valence-electron chi connectivity index (χ0n) is 12.6. The summed E-state index contributed by atoms with van der Waals surface area (Å²) in [6.45, 7) is 3.72. The van der Waals surface area contributed by atoms with Crippen LogP contribution in [0.4, 0.5) is 4.39 Å². The van der Waals surface area contributed by atoms with Crippen molar-refractivity contribution in [3.05, 3.63) is 29.6 Å². The molecule has 1 atom stereocenters. The molecule has 0 aliphatic rings. The highest BCUT2D eigenvalue weighted by atomic mass is 32.2. The molecular weight excluding hydrogens is 293 g/mol. The van der Waals surface area contributed by atoms with Crippen LogP contribution in [0.3, 0.4) is 0 Å². The van der Waals surface area contributed by atoms with E-state index in [0.29, 0.717) is 5.56 Å². The Hall–Kier alpha value is -0.980. The van der Waals surface area contributed by atoms with E-state index in [9.17, 15) is 12.8 Å². The van der Waals surface area contributed by atoms with Crippen molar-refractivity contribution in [2.24, 2.45) is 0 Å². The molecule has 0 heterocycles. The predicted octanol–water partition coefficient (Wildman–Crippen LogP) is 2.96. The summed E-state index contributed by atoms with van der Waals surface area (Å²) in [4.78, 5) is -0.364. The molecule has 1 rings (SSSR count). The largest absolute Gasteiger partial charge is 0.392 e. The van der Waals surface area contributed by atoms with Crippen LogP contribution in [-0.4, -0.2) is 19.6 Å². The molecule has 4 nitrogen and oxygen atoms in total. The lowest BCUT2D eigenvalue weighted by Crippen LogP contribution is -2.35. The van der Waals surface area contributed by atoms with Gasteiger partial charge in [0.1, 0.15) is 10.7 Å². The highest BCUT2D eigenvalue weighted by molar-refractivity contribution is 7.89. The van der Waals surface area contributed by atoms with Crippen LogP contribution >= 0.6 is 0 Å². The highest BCUT2D eigenvalue weighted by Crippen LogP contribution is 2.18. The summed E-state index contributed by atoms with van der Waals surface area (Å²) >= 11 is 0. The van der Waals surface area contributed by atoms with Crippen LogP contribution in [0.5, 0.6) is 0 Å². The monoisotopic (exact) mass is 317 g/mol. The molecule has 0 aliphatic heterocycles. The van der Waals surface area contributed by atoms with Crippen molar-refractivity contribution in [2.75, 3.05) is 0 Å². The fourth-order valence-corrected chi connectivity index (χ4v) is 3.57. The van der Waals surface area contributed by atoms with Gasteiger partial charge in [-0.05, 0) is 30.5 Å². The molecule has 0 amide bonds. The van der Waals surface area contributed by atoms with Gasteiger partial charge < -0.3 is 5.11 Å². The summed E-state index contributed by atoms with van der Waals surface area (Å²) in [5.74, 6) is -0.834. The third kappa shape index (κ3) is 5.37. The summed E-state index contributed by atoms with van der Waals surface area (Å²) in [7, 11) is -3.87. The highest BCUT2D eigenvalue weighted by Gasteiger charge is 2.22. The molecule has 0 aromatic heterocycles. The number of aliphatic hydroxyl groups is 1. The minimum atomic E-state index is -3.87. The normalized spacial score (nSPS) is 13.3. The summed E-state index contributed by atoms with van der Waals surface area (Å²) in [5, 5.41) is 8.94. The van der Waals surface area contributed by atoms with Crippen LogP contribution in [0.2, 0.25) is 0 Å². The van der Waals surface area contributed by atoms with E-state index < -0.39 is 15.8 Å². The number of halogens is 1. The topological polar surface area (TPSA) is 66.4 Å². The molecule has 0 radical (unpaired) electrons. The molecule has 1 unspecified atom stereocenters. The maximum Gasteiger partial charge on any atom is 0.243 e. The standard InChI is InChI=1S/C15H24FNO3S/c1-3-5-7-13(6-4-2)17-21(19,20)15-9-8-12(11-18)10-14(15)16/h8-10,13,17-18H,3-7,11H2,1-2H3. The van der Waals surface area contributed by atoms with Crippen molar-refractivity contribution in [3.8, 4) is 0 Å². The number of benzene rings is 1. The second-order valence-corrected chi connectivity index (χ2v) is 6.85. The van der Waals surface area contributed by atoms with E-state index in [4.69, 9.17) is 5.11 Å². The Labute approximate surface area is 126 Å². The second kappa shape index (κ2) is 8.46.